The van der Waals surface area contributed by atoms with Crippen LogP contribution in [0.5, 0.6) is 0 Å². The van der Waals surface area contributed by atoms with Crippen LogP contribution in [-0.4, -0.2) is 47.7 Å². The van der Waals surface area contributed by atoms with Gasteiger partial charge in [-0.1, -0.05) is 60.8 Å². The van der Waals surface area contributed by atoms with Crippen LogP contribution < -0.4 is 5.32 Å². The fourth-order valence-electron chi connectivity index (χ4n) is 10.4. The van der Waals surface area contributed by atoms with E-state index in [9.17, 15) is 9.90 Å². The summed E-state index contributed by atoms with van der Waals surface area (Å²) in [5.41, 5.74) is 2.57. The highest BCUT2D eigenvalue weighted by Crippen LogP contribution is 2.67. The second-order valence-corrected chi connectivity index (χ2v) is 15.6. The minimum Gasteiger partial charge on any atom is -0.385 e. The first-order valence-corrected chi connectivity index (χ1v) is 17.0. The second-order valence-electron chi connectivity index (χ2n) is 15.6. The van der Waals surface area contributed by atoms with E-state index in [-0.39, 0.29) is 34.4 Å². The topological polar surface area (TPSA) is 80.2 Å². The summed E-state index contributed by atoms with van der Waals surface area (Å²) in [6.07, 6.45) is 18.9. The van der Waals surface area contributed by atoms with Gasteiger partial charge in [-0.15, -0.1) is 6.42 Å². The summed E-state index contributed by atoms with van der Waals surface area (Å²) in [7, 11) is 0. The summed E-state index contributed by atoms with van der Waals surface area (Å²) in [5.74, 6) is 4.39. The number of ether oxygens (including phenoxy) is 1. The molecule has 1 aromatic carbocycles. The predicted molar refractivity (Wildman–Crippen MR) is 174 cm³/mol. The molecule has 1 heterocycles. The molecule has 0 spiro atoms. The number of hydrogen-bond acceptors (Lipinski definition) is 5. The van der Waals surface area contributed by atoms with Crippen molar-refractivity contribution >= 4 is 11.6 Å². The first-order valence-electron chi connectivity index (χ1n) is 17.0. The van der Waals surface area contributed by atoms with Crippen molar-refractivity contribution < 1.29 is 19.5 Å². The lowest BCUT2D eigenvalue weighted by Crippen LogP contribution is -2.54. The van der Waals surface area contributed by atoms with Crippen LogP contribution in [-0.2, 0) is 19.8 Å². The van der Waals surface area contributed by atoms with E-state index in [1.807, 2.05) is 0 Å². The van der Waals surface area contributed by atoms with Crippen molar-refractivity contribution in [1.82, 2.24) is 5.32 Å². The number of aliphatic hydroxyl groups is 1. The maximum absolute atomic E-state index is 12.7. The highest BCUT2D eigenvalue weighted by molar-refractivity contribution is 5.96. The Hall–Kier alpha value is -2.62. The molecule has 7 atom stereocenters. The molecule has 44 heavy (non-hydrogen) atoms. The highest BCUT2D eigenvalue weighted by atomic mass is 16.6. The fraction of sp³-hybridized carbons (Fsp3) is 0.684. The van der Waals surface area contributed by atoms with Crippen molar-refractivity contribution in [2.45, 2.75) is 115 Å². The van der Waals surface area contributed by atoms with Gasteiger partial charge in [0.25, 0.3) is 5.91 Å². The molecule has 238 valence electrons. The van der Waals surface area contributed by atoms with Gasteiger partial charge in [0.2, 0.25) is 0 Å². The van der Waals surface area contributed by atoms with Gasteiger partial charge in [0, 0.05) is 24.0 Å². The molecule has 6 nitrogen and oxygen atoms in total. The third kappa shape index (κ3) is 5.43. The van der Waals surface area contributed by atoms with E-state index in [1.165, 1.54) is 11.1 Å². The number of carbonyl (C=O) groups is 1. The van der Waals surface area contributed by atoms with Gasteiger partial charge in [0.15, 0.2) is 6.61 Å². The number of amides is 1. The van der Waals surface area contributed by atoms with Crippen LogP contribution in [0.1, 0.15) is 104 Å². The van der Waals surface area contributed by atoms with Gasteiger partial charge in [-0.2, -0.15) is 0 Å². The molecule has 1 amide bonds. The Balaban J connectivity index is 1.03. The van der Waals surface area contributed by atoms with Crippen LogP contribution in [0.2, 0.25) is 0 Å². The maximum atomic E-state index is 12.7. The fourth-order valence-corrected chi connectivity index (χ4v) is 10.4. The van der Waals surface area contributed by atoms with E-state index < -0.39 is 5.60 Å². The van der Waals surface area contributed by atoms with Crippen molar-refractivity contribution in [2.75, 3.05) is 19.8 Å². The number of oxime groups is 1. The molecule has 2 N–H and O–H groups in total. The lowest BCUT2D eigenvalue weighted by molar-refractivity contribution is -0.125. The van der Waals surface area contributed by atoms with Crippen LogP contribution in [0.4, 0.5) is 0 Å². The van der Waals surface area contributed by atoms with Gasteiger partial charge in [-0.25, -0.2) is 0 Å². The second kappa shape index (κ2) is 11.6. The number of allylic oxidation sites excluding steroid dienone is 2. The predicted octanol–water partition coefficient (Wildman–Crippen LogP) is 6.72. The minimum atomic E-state index is -0.958. The highest BCUT2D eigenvalue weighted by Gasteiger charge is 2.63. The summed E-state index contributed by atoms with van der Waals surface area (Å²) in [6, 6.07) is 10.7. The van der Waals surface area contributed by atoms with Crippen LogP contribution in [0, 0.1) is 40.9 Å². The zero-order valence-corrected chi connectivity index (χ0v) is 27.3. The molecule has 6 heteroatoms. The van der Waals surface area contributed by atoms with Gasteiger partial charge in [0.05, 0.1) is 11.3 Å². The monoisotopic (exact) mass is 600 g/mol. The van der Waals surface area contributed by atoms with Gasteiger partial charge in [-0.05, 0) is 119 Å². The molecular weight excluding hydrogens is 548 g/mol. The van der Waals surface area contributed by atoms with Gasteiger partial charge >= 0.3 is 0 Å². The van der Waals surface area contributed by atoms with Gasteiger partial charge in [0.1, 0.15) is 5.60 Å². The molecule has 4 aliphatic carbocycles. The Labute approximate surface area is 264 Å². The molecule has 1 saturated heterocycles. The number of nitrogens with zero attached hydrogens (tertiary/aromatic N) is 1. The molecule has 4 fully saturated rings. The van der Waals surface area contributed by atoms with Crippen molar-refractivity contribution in [3.8, 4) is 12.3 Å². The number of carbonyl (C=O) groups excluding carboxylic acids is 1. The summed E-state index contributed by atoms with van der Waals surface area (Å²) in [5, 5.41) is 18.8. The Bertz CT molecular complexity index is 1350. The van der Waals surface area contributed by atoms with Crippen LogP contribution in [0.15, 0.2) is 47.1 Å². The van der Waals surface area contributed by atoms with Crippen LogP contribution in [0.25, 0.3) is 0 Å². The molecule has 1 aliphatic heterocycles. The largest absolute Gasteiger partial charge is 0.385 e. The molecule has 5 aliphatic rings. The lowest BCUT2D eigenvalue weighted by Gasteiger charge is -2.58. The smallest absolute Gasteiger partial charge is 0.260 e. The van der Waals surface area contributed by atoms with Crippen molar-refractivity contribution in [1.29, 1.82) is 0 Å². The normalized spacial score (nSPS) is 40.1. The number of fused-ring (bicyclic) bond motifs is 5. The average Bonchev–Trinajstić information content (AvgIpc) is 3.28. The quantitative estimate of drug-likeness (QED) is 0.269. The van der Waals surface area contributed by atoms with E-state index in [1.54, 1.807) is 0 Å². The third-order valence-electron chi connectivity index (χ3n) is 12.9. The zero-order valence-electron chi connectivity index (χ0n) is 27.3. The molecular formula is C38H52N2O4. The summed E-state index contributed by atoms with van der Waals surface area (Å²) in [4.78, 5) is 18.3. The molecule has 0 aromatic heterocycles. The Kier molecular flexibility index (Phi) is 8.29. The standard InChI is InChI=1S/C38H52N2O4/c1-6-38(42)19-16-32-30-13-12-28-24-29(14-17-35(28,4)31(30)15-18-36(32,38)5)40-44-25-33(41)39-22-20-37(27-10-8-7-9-11-27)21-23-43-34(2,3)26-37/h1,7-11,24,30-32,42H,12-23,25-26H2,2-5H3,(H,39,41). The summed E-state index contributed by atoms with van der Waals surface area (Å²) < 4.78 is 6.04. The number of benzene rings is 1. The molecule has 0 radical (unpaired) electrons. The summed E-state index contributed by atoms with van der Waals surface area (Å²) >= 11 is 0. The molecule has 6 rings (SSSR count). The Morgan fingerprint density at radius 1 is 1.07 bits per heavy atom. The minimum absolute atomic E-state index is 0.0193. The van der Waals surface area contributed by atoms with E-state index >= 15 is 0 Å². The van der Waals surface area contributed by atoms with E-state index in [2.05, 4.69) is 80.5 Å². The SMILES string of the molecule is C#CC1(O)CCC2C3CCC4=CC(=NOCC(=O)NCCC5(c6ccccc6)CCOC(C)(C)C5)CCC4(C)C3CCC21C. The van der Waals surface area contributed by atoms with Gasteiger partial charge in [-0.3, -0.25) is 4.79 Å². The molecule has 1 aromatic rings. The maximum Gasteiger partial charge on any atom is 0.260 e. The first-order chi connectivity index (χ1) is 20.9. The van der Waals surface area contributed by atoms with Crippen LogP contribution in [0.3, 0.4) is 0 Å². The van der Waals surface area contributed by atoms with Crippen LogP contribution >= 0.6 is 0 Å². The lowest BCUT2D eigenvalue weighted by atomic mass is 9.46. The van der Waals surface area contributed by atoms with Gasteiger partial charge < -0.3 is 20.0 Å². The van der Waals surface area contributed by atoms with E-state index in [4.69, 9.17) is 16.0 Å². The molecule has 7 unspecified atom stereocenters. The molecule has 3 saturated carbocycles. The van der Waals surface area contributed by atoms with Crippen molar-refractivity contribution in [3.05, 3.63) is 47.5 Å². The van der Waals surface area contributed by atoms with Crippen molar-refractivity contribution in [2.24, 2.45) is 33.7 Å². The Morgan fingerprint density at radius 3 is 2.59 bits per heavy atom. The van der Waals surface area contributed by atoms with E-state index in [0.29, 0.717) is 24.3 Å². The summed E-state index contributed by atoms with van der Waals surface area (Å²) in [6.45, 7) is 10.3. The number of hydrogen-bond donors (Lipinski definition) is 2. The number of rotatable bonds is 7. The van der Waals surface area contributed by atoms with E-state index in [0.717, 1.165) is 82.9 Å². The average molecular weight is 601 g/mol. The third-order valence-corrected chi connectivity index (χ3v) is 12.9. The number of terminal acetylenes is 1. The molecule has 0 bridgehead atoms. The Morgan fingerprint density at radius 2 is 1.84 bits per heavy atom. The number of nitrogens with one attached hydrogen (secondary N) is 1. The van der Waals surface area contributed by atoms with Crippen molar-refractivity contribution in [3.63, 3.8) is 0 Å². The zero-order chi connectivity index (χ0) is 31.2. The first kappa shape index (κ1) is 31.4.